The summed E-state index contributed by atoms with van der Waals surface area (Å²) < 4.78 is 21.3. The largest absolute Gasteiger partial charge is 0.492 e. The van der Waals surface area contributed by atoms with E-state index in [4.69, 9.17) is 4.74 Å². The number of para-hydroxylation sites is 3. The predicted molar refractivity (Wildman–Crippen MR) is 112 cm³/mol. The number of rotatable bonds is 5. The van der Waals surface area contributed by atoms with Crippen molar-refractivity contribution < 1.29 is 23.5 Å². The molecule has 1 aromatic heterocycles. The number of carbonyl (C=O) groups excluding carboxylic acids is 3. The lowest BCUT2D eigenvalue weighted by molar-refractivity contribution is -0.122. The third kappa shape index (κ3) is 3.71. The van der Waals surface area contributed by atoms with Crippen LogP contribution >= 0.6 is 0 Å². The lowest BCUT2D eigenvalue weighted by Gasteiger charge is -2.27. The lowest BCUT2D eigenvalue weighted by Crippen LogP contribution is -2.54. The number of anilines is 1. The Hall–Kier alpha value is -4.20. The van der Waals surface area contributed by atoms with Crippen LogP contribution < -0.4 is 15.0 Å². The molecule has 0 aliphatic carbocycles. The zero-order valence-corrected chi connectivity index (χ0v) is 16.5. The zero-order chi connectivity index (χ0) is 22.0. The Balaban J connectivity index is 1.77. The Bertz CT molecular complexity index is 1210. The van der Waals surface area contributed by atoms with Gasteiger partial charge in [0, 0.05) is 11.9 Å². The number of imide groups is 2. The van der Waals surface area contributed by atoms with Crippen LogP contribution in [0.3, 0.4) is 0 Å². The van der Waals surface area contributed by atoms with Crippen LogP contribution in [0.1, 0.15) is 12.6 Å². The van der Waals surface area contributed by atoms with Gasteiger partial charge in [0.25, 0.3) is 11.8 Å². The van der Waals surface area contributed by atoms with Crippen molar-refractivity contribution in [2.75, 3.05) is 11.5 Å². The van der Waals surface area contributed by atoms with Crippen molar-refractivity contribution in [3.8, 4) is 11.4 Å². The third-order valence-electron chi connectivity index (χ3n) is 4.69. The van der Waals surface area contributed by atoms with Crippen LogP contribution in [0.25, 0.3) is 11.8 Å². The summed E-state index contributed by atoms with van der Waals surface area (Å²) in [6.45, 7) is 2.11. The van der Waals surface area contributed by atoms with Crippen LogP contribution in [-0.4, -0.2) is 29.0 Å². The maximum absolute atomic E-state index is 14.3. The molecule has 2 aromatic carbocycles. The molecule has 31 heavy (non-hydrogen) atoms. The number of ether oxygens (including phenoxy) is 1. The van der Waals surface area contributed by atoms with Crippen molar-refractivity contribution in [3.63, 3.8) is 0 Å². The summed E-state index contributed by atoms with van der Waals surface area (Å²) in [7, 11) is 0. The number of aromatic nitrogens is 1. The van der Waals surface area contributed by atoms with E-state index in [2.05, 4.69) is 5.32 Å². The molecule has 0 unspecified atom stereocenters. The Morgan fingerprint density at radius 3 is 2.42 bits per heavy atom. The second-order valence-corrected chi connectivity index (χ2v) is 6.61. The van der Waals surface area contributed by atoms with E-state index in [1.807, 2.05) is 0 Å². The van der Waals surface area contributed by atoms with Crippen LogP contribution in [0.2, 0.25) is 0 Å². The molecule has 1 aliphatic heterocycles. The highest BCUT2D eigenvalue weighted by molar-refractivity contribution is 6.39. The quantitative estimate of drug-likeness (QED) is 0.505. The monoisotopic (exact) mass is 419 g/mol. The molecule has 0 atom stereocenters. The molecule has 7 nitrogen and oxygen atoms in total. The summed E-state index contributed by atoms with van der Waals surface area (Å²) in [5.74, 6) is -1.76. The summed E-state index contributed by atoms with van der Waals surface area (Å²) >= 11 is 0. The van der Waals surface area contributed by atoms with Crippen LogP contribution in [0, 0.1) is 5.82 Å². The van der Waals surface area contributed by atoms with Crippen LogP contribution in [-0.2, 0) is 9.59 Å². The van der Waals surface area contributed by atoms with Gasteiger partial charge in [0.2, 0.25) is 0 Å². The van der Waals surface area contributed by atoms with Gasteiger partial charge in [-0.25, -0.2) is 14.1 Å². The van der Waals surface area contributed by atoms with Gasteiger partial charge in [-0.05, 0) is 49.4 Å². The lowest BCUT2D eigenvalue weighted by atomic mass is 10.1. The SMILES string of the molecule is CCOc1ccccc1N1C(=O)NC(=O)/C(=C\c2cccn2-c2ccccc2F)C1=O. The second kappa shape index (κ2) is 8.27. The molecule has 0 spiro atoms. The summed E-state index contributed by atoms with van der Waals surface area (Å²) in [4.78, 5) is 39.0. The summed E-state index contributed by atoms with van der Waals surface area (Å²) in [5.41, 5.74) is 0.616. The van der Waals surface area contributed by atoms with Crippen molar-refractivity contribution in [2.45, 2.75) is 6.92 Å². The number of hydrogen-bond acceptors (Lipinski definition) is 4. The topological polar surface area (TPSA) is 80.6 Å². The Kier molecular flexibility index (Phi) is 5.36. The first-order valence-electron chi connectivity index (χ1n) is 9.56. The van der Waals surface area contributed by atoms with E-state index in [1.165, 1.54) is 16.7 Å². The maximum Gasteiger partial charge on any atom is 0.336 e. The van der Waals surface area contributed by atoms with E-state index in [0.717, 1.165) is 4.90 Å². The van der Waals surface area contributed by atoms with E-state index < -0.39 is 23.7 Å². The van der Waals surface area contributed by atoms with E-state index in [-0.39, 0.29) is 16.9 Å². The normalized spacial score (nSPS) is 15.4. The molecule has 0 radical (unpaired) electrons. The number of nitrogens with one attached hydrogen (secondary N) is 1. The van der Waals surface area contributed by atoms with Gasteiger partial charge < -0.3 is 9.30 Å². The van der Waals surface area contributed by atoms with Gasteiger partial charge in [0.05, 0.1) is 18.0 Å². The van der Waals surface area contributed by atoms with Crippen LogP contribution in [0.15, 0.2) is 72.4 Å². The standard InChI is InChI=1S/C23H18FN3O4/c1-2-31-20-12-6-5-11-19(20)27-22(29)16(21(28)25-23(27)30)14-15-8-7-13-26(15)18-10-4-3-9-17(18)24/h3-14H,2H2,1H3,(H,25,28,30)/b16-14+. The fraction of sp³-hybridized carbons (Fsp3) is 0.0870. The first-order valence-corrected chi connectivity index (χ1v) is 9.56. The third-order valence-corrected chi connectivity index (χ3v) is 4.69. The average Bonchev–Trinajstić information content (AvgIpc) is 3.21. The molecule has 0 saturated carbocycles. The molecule has 0 bridgehead atoms. The van der Waals surface area contributed by atoms with Gasteiger partial charge in [-0.3, -0.25) is 14.9 Å². The van der Waals surface area contributed by atoms with Gasteiger partial charge >= 0.3 is 6.03 Å². The Morgan fingerprint density at radius 2 is 1.68 bits per heavy atom. The molecule has 8 heteroatoms. The highest BCUT2D eigenvalue weighted by Gasteiger charge is 2.38. The summed E-state index contributed by atoms with van der Waals surface area (Å²) in [6, 6.07) is 15.1. The number of hydrogen-bond donors (Lipinski definition) is 1. The number of urea groups is 1. The minimum absolute atomic E-state index is 0.217. The molecule has 156 valence electrons. The maximum atomic E-state index is 14.3. The number of benzene rings is 2. The molecule has 3 aromatic rings. The molecule has 4 amide bonds. The fourth-order valence-corrected chi connectivity index (χ4v) is 3.32. The van der Waals surface area contributed by atoms with Gasteiger partial charge in [0.15, 0.2) is 0 Å². The van der Waals surface area contributed by atoms with Crippen molar-refractivity contribution in [2.24, 2.45) is 0 Å². The van der Waals surface area contributed by atoms with Gasteiger partial charge in [-0.1, -0.05) is 24.3 Å². The minimum Gasteiger partial charge on any atom is -0.492 e. The van der Waals surface area contributed by atoms with Gasteiger partial charge in [-0.2, -0.15) is 0 Å². The Labute approximate surface area is 177 Å². The highest BCUT2D eigenvalue weighted by Crippen LogP contribution is 2.31. The fourth-order valence-electron chi connectivity index (χ4n) is 3.32. The van der Waals surface area contributed by atoms with E-state index in [9.17, 15) is 18.8 Å². The summed E-state index contributed by atoms with van der Waals surface area (Å²) in [5, 5.41) is 2.18. The molecular formula is C23H18FN3O4. The molecule has 1 fully saturated rings. The molecular weight excluding hydrogens is 401 g/mol. The van der Waals surface area contributed by atoms with E-state index >= 15 is 0 Å². The van der Waals surface area contributed by atoms with Crippen molar-refractivity contribution in [1.82, 2.24) is 9.88 Å². The van der Waals surface area contributed by atoms with Crippen molar-refractivity contribution >= 4 is 29.6 Å². The van der Waals surface area contributed by atoms with Crippen molar-refractivity contribution in [1.29, 1.82) is 0 Å². The smallest absolute Gasteiger partial charge is 0.336 e. The minimum atomic E-state index is -0.871. The number of carbonyl (C=O) groups is 3. The number of amides is 4. The molecule has 2 heterocycles. The van der Waals surface area contributed by atoms with Crippen LogP contribution in [0.5, 0.6) is 5.75 Å². The van der Waals surface area contributed by atoms with E-state index in [1.54, 1.807) is 67.7 Å². The second-order valence-electron chi connectivity index (χ2n) is 6.61. The predicted octanol–water partition coefficient (Wildman–Crippen LogP) is 3.68. The Morgan fingerprint density at radius 1 is 0.968 bits per heavy atom. The zero-order valence-electron chi connectivity index (χ0n) is 16.5. The average molecular weight is 419 g/mol. The first-order chi connectivity index (χ1) is 15.0. The van der Waals surface area contributed by atoms with Gasteiger partial charge in [-0.15, -0.1) is 0 Å². The van der Waals surface area contributed by atoms with E-state index in [0.29, 0.717) is 18.1 Å². The number of barbiturate groups is 1. The number of nitrogens with zero attached hydrogens (tertiary/aromatic N) is 2. The highest BCUT2D eigenvalue weighted by atomic mass is 19.1. The van der Waals surface area contributed by atoms with Gasteiger partial charge in [0.1, 0.15) is 17.1 Å². The van der Waals surface area contributed by atoms with Crippen molar-refractivity contribution in [3.05, 3.63) is 83.9 Å². The molecule has 1 saturated heterocycles. The summed E-state index contributed by atoms with van der Waals surface area (Å²) in [6.07, 6.45) is 2.94. The molecule has 1 aliphatic rings. The first kappa shape index (κ1) is 20.1. The van der Waals surface area contributed by atoms with Crippen LogP contribution in [0.4, 0.5) is 14.9 Å². The molecule has 1 N–H and O–H groups in total. The number of halogens is 1. The molecule has 4 rings (SSSR count).